The first-order valence-corrected chi connectivity index (χ1v) is 7.47. The van der Waals surface area contributed by atoms with Crippen LogP contribution in [0.25, 0.3) is 0 Å². The molecule has 1 rings (SSSR count). The highest BCUT2D eigenvalue weighted by atomic mass is 32.3. The zero-order valence-electron chi connectivity index (χ0n) is 9.35. The summed E-state index contributed by atoms with van der Waals surface area (Å²) in [5.74, 6) is 0. The van der Waals surface area contributed by atoms with E-state index < -0.39 is 51.5 Å². The maximum absolute atomic E-state index is 10.6. The van der Waals surface area contributed by atoms with Crippen molar-refractivity contribution >= 4 is 20.8 Å². The predicted molar refractivity (Wildman–Crippen MR) is 55.4 cm³/mol. The second kappa shape index (κ2) is 5.55. The molecule has 0 aromatic rings. The lowest BCUT2D eigenvalue weighted by Gasteiger charge is -2.39. The quantitative estimate of drug-likeness (QED) is 0.400. The van der Waals surface area contributed by atoms with Crippen molar-refractivity contribution in [2.75, 3.05) is 0 Å². The van der Waals surface area contributed by atoms with Crippen molar-refractivity contribution in [2.45, 2.75) is 37.6 Å². The van der Waals surface area contributed by atoms with Crippen molar-refractivity contribution in [3.8, 4) is 0 Å². The molecule has 13 heteroatoms. The Labute approximate surface area is 108 Å². The van der Waals surface area contributed by atoms with Crippen LogP contribution in [0, 0.1) is 0 Å². The van der Waals surface area contributed by atoms with Crippen LogP contribution < -0.4 is 0 Å². The van der Waals surface area contributed by atoms with Crippen LogP contribution in [0.2, 0.25) is 0 Å². The van der Waals surface area contributed by atoms with Crippen molar-refractivity contribution in [1.82, 2.24) is 0 Å². The van der Waals surface area contributed by atoms with Gasteiger partial charge in [-0.25, -0.2) is 8.37 Å². The molecule has 1 aliphatic heterocycles. The first-order valence-electron chi connectivity index (χ1n) is 4.74. The van der Waals surface area contributed by atoms with E-state index in [1.165, 1.54) is 6.92 Å². The molecular weight excluding hydrogens is 312 g/mol. The zero-order chi connectivity index (χ0) is 15.0. The third-order valence-electron chi connectivity index (χ3n) is 2.24. The van der Waals surface area contributed by atoms with Crippen molar-refractivity contribution in [1.29, 1.82) is 0 Å². The molecule has 0 aliphatic carbocycles. The summed E-state index contributed by atoms with van der Waals surface area (Å²) in [5, 5.41) is 19.0. The fraction of sp³-hybridized carbons (Fsp3) is 1.00. The fourth-order valence-corrected chi connectivity index (χ4v) is 2.49. The lowest BCUT2D eigenvalue weighted by Crippen LogP contribution is -2.59. The van der Waals surface area contributed by atoms with Crippen molar-refractivity contribution in [2.24, 2.45) is 0 Å². The highest BCUT2D eigenvalue weighted by molar-refractivity contribution is 7.81. The standard InChI is InChI=1S/C6H12O11S2/c1-2-3(7)4(16-18(9,10)11)5(6(8)15-2)17-19(12,13)14/h2-8H,1H3,(H,9,10,11)(H,12,13,14)/t2-,3-,4+,5+,6+/m0/s1. The average molecular weight is 324 g/mol. The fourth-order valence-electron chi connectivity index (χ4n) is 1.50. The monoisotopic (exact) mass is 324 g/mol. The van der Waals surface area contributed by atoms with Crippen LogP contribution in [0.3, 0.4) is 0 Å². The molecule has 0 aromatic carbocycles. The molecule has 0 spiro atoms. The molecule has 5 atom stereocenters. The second-order valence-electron chi connectivity index (χ2n) is 3.70. The number of hydrogen-bond acceptors (Lipinski definition) is 9. The molecule has 1 fully saturated rings. The van der Waals surface area contributed by atoms with Crippen LogP contribution in [-0.2, 0) is 33.9 Å². The van der Waals surface area contributed by atoms with Crippen LogP contribution in [0.4, 0.5) is 0 Å². The number of aliphatic hydroxyl groups is 2. The lowest BCUT2D eigenvalue weighted by molar-refractivity contribution is -0.266. The Morgan fingerprint density at radius 3 is 1.79 bits per heavy atom. The van der Waals surface area contributed by atoms with Gasteiger partial charge in [0.2, 0.25) is 0 Å². The minimum Gasteiger partial charge on any atom is -0.388 e. The van der Waals surface area contributed by atoms with E-state index in [1.807, 2.05) is 0 Å². The van der Waals surface area contributed by atoms with Gasteiger partial charge in [0.05, 0.1) is 6.10 Å². The maximum atomic E-state index is 10.6. The van der Waals surface area contributed by atoms with E-state index in [0.717, 1.165) is 0 Å². The third kappa shape index (κ3) is 4.90. The first kappa shape index (κ1) is 16.7. The van der Waals surface area contributed by atoms with Gasteiger partial charge in [-0.2, -0.15) is 16.8 Å². The molecule has 4 N–H and O–H groups in total. The lowest BCUT2D eigenvalue weighted by atomic mass is 10.0. The van der Waals surface area contributed by atoms with E-state index in [9.17, 15) is 27.0 Å². The smallest absolute Gasteiger partial charge is 0.388 e. The second-order valence-corrected chi connectivity index (χ2v) is 5.80. The van der Waals surface area contributed by atoms with Gasteiger partial charge in [-0.1, -0.05) is 0 Å². The highest BCUT2D eigenvalue weighted by Crippen LogP contribution is 2.26. The number of aliphatic hydroxyl groups excluding tert-OH is 2. The van der Waals surface area contributed by atoms with Gasteiger partial charge in [-0.05, 0) is 6.92 Å². The van der Waals surface area contributed by atoms with Crippen LogP contribution in [0.5, 0.6) is 0 Å². The topological polar surface area (TPSA) is 177 Å². The van der Waals surface area contributed by atoms with E-state index in [2.05, 4.69) is 13.1 Å². The van der Waals surface area contributed by atoms with E-state index >= 15 is 0 Å². The Morgan fingerprint density at radius 1 is 0.947 bits per heavy atom. The summed E-state index contributed by atoms with van der Waals surface area (Å²) in [4.78, 5) is 0. The number of rotatable bonds is 4. The van der Waals surface area contributed by atoms with Crippen molar-refractivity contribution in [3.63, 3.8) is 0 Å². The molecule has 1 aliphatic rings. The van der Waals surface area contributed by atoms with Gasteiger partial charge in [0, 0.05) is 0 Å². The summed E-state index contributed by atoms with van der Waals surface area (Å²) in [5.41, 5.74) is 0. The molecule has 0 aromatic heterocycles. The van der Waals surface area contributed by atoms with Gasteiger partial charge >= 0.3 is 20.8 Å². The van der Waals surface area contributed by atoms with Crippen LogP contribution in [0.1, 0.15) is 6.92 Å². The third-order valence-corrected chi connectivity index (χ3v) is 3.17. The van der Waals surface area contributed by atoms with E-state index in [-0.39, 0.29) is 0 Å². The molecule has 11 nitrogen and oxygen atoms in total. The largest absolute Gasteiger partial charge is 0.397 e. The van der Waals surface area contributed by atoms with E-state index in [1.54, 1.807) is 0 Å². The van der Waals surface area contributed by atoms with Crippen LogP contribution in [-0.4, -0.2) is 66.9 Å². The first-order chi connectivity index (χ1) is 8.41. The van der Waals surface area contributed by atoms with Crippen LogP contribution >= 0.6 is 0 Å². The summed E-state index contributed by atoms with van der Waals surface area (Å²) in [6.45, 7) is 1.22. The molecule has 1 heterocycles. The number of ether oxygens (including phenoxy) is 1. The predicted octanol–water partition coefficient (Wildman–Crippen LogP) is -2.54. The number of hydrogen-bond donors (Lipinski definition) is 4. The molecule has 0 bridgehead atoms. The van der Waals surface area contributed by atoms with Gasteiger partial charge in [-0.15, -0.1) is 0 Å². The maximum Gasteiger partial charge on any atom is 0.397 e. The Bertz CT molecular complexity index is 509. The van der Waals surface area contributed by atoms with Gasteiger partial charge in [0.15, 0.2) is 12.4 Å². The molecule has 0 amide bonds. The summed E-state index contributed by atoms with van der Waals surface area (Å²) in [7, 11) is -10.2. The van der Waals surface area contributed by atoms with Gasteiger partial charge in [0.25, 0.3) is 0 Å². The van der Waals surface area contributed by atoms with Gasteiger partial charge in [0.1, 0.15) is 12.2 Å². The Kier molecular flexibility index (Phi) is 4.87. The summed E-state index contributed by atoms with van der Waals surface area (Å²) in [6.07, 6.45) is -9.02. The molecule has 1 saturated heterocycles. The van der Waals surface area contributed by atoms with Crippen molar-refractivity contribution in [3.05, 3.63) is 0 Å². The Balaban J connectivity index is 3.06. The summed E-state index contributed by atoms with van der Waals surface area (Å²) < 4.78 is 72.0. The Hall–Kier alpha value is -0.380. The molecule has 0 unspecified atom stereocenters. The normalized spacial score (nSPS) is 37.2. The SMILES string of the molecule is C[C@@H]1O[C@@H](O)[C@H](OS(=O)(=O)O)[C@H](OS(=O)(=O)O)[C@H]1O. The molecule has 114 valence electrons. The molecule has 19 heavy (non-hydrogen) atoms. The minimum atomic E-state index is -5.09. The average Bonchev–Trinajstić information content (AvgIpc) is 2.17. The highest BCUT2D eigenvalue weighted by Gasteiger charge is 2.48. The minimum absolute atomic E-state index is 1.15. The van der Waals surface area contributed by atoms with Gasteiger partial charge in [-0.3, -0.25) is 9.11 Å². The van der Waals surface area contributed by atoms with E-state index in [4.69, 9.17) is 9.11 Å². The van der Waals surface area contributed by atoms with Crippen molar-refractivity contribution < 1.29 is 49.3 Å². The van der Waals surface area contributed by atoms with Crippen LogP contribution in [0.15, 0.2) is 0 Å². The summed E-state index contributed by atoms with van der Waals surface area (Å²) >= 11 is 0. The van der Waals surface area contributed by atoms with Gasteiger partial charge < -0.3 is 14.9 Å². The molecular formula is C6H12O11S2. The van der Waals surface area contributed by atoms with E-state index in [0.29, 0.717) is 0 Å². The summed E-state index contributed by atoms with van der Waals surface area (Å²) in [6, 6.07) is 0. The Morgan fingerprint density at radius 2 is 1.37 bits per heavy atom. The molecule has 0 saturated carbocycles. The molecule has 0 radical (unpaired) electrons. The zero-order valence-corrected chi connectivity index (χ0v) is 11.0.